The summed E-state index contributed by atoms with van der Waals surface area (Å²) >= 11 is 6.23. The summed E-state index contributed by atoms with van der Waals surface area (Å²) in [6, 6.07) is 0.0246. The van der Waals surface area contributed by atoms with Gasteiger partial charge in [-0.1, -0.05) is 0 Å². The summed E-state index contributed by atoms with van der Waals surface area (Å²) < 4.78 is 13.3. The van der Waals surface area contributed by atoms with Crippen molar-refractivity contribution < 1.29 is 14.3 Å². The Labute approximate surface area is 181 Å². The minimum atomic E-state index is -0.516. The highest BCUT2D eigenvalue weighted by Crippen LogP contribution is 2.29. The average Bonchev–Trinajstić information content (AvgIpc) is 3.11. The second-order valence-electron chi connectivity index (χ2n) is 8.90. The molecule has 1 N–H and O–H groups in total. The van der Waals surface area contributed by atoms with Crippen LogP contribution in [-0.4, -0.2) is 61.9 Å². The molecule has 2 unspecified atom stereocenters. The van der Waals surface area contributed by atoms with Gasteiger partial charge in [0.25, 0.3) is 0 Å². The molecule has 2 atom stereocenters. The van der Waals surface area contributed by atoms with Crippen molar-refractivity contribution in [3.63, 3.8) is 0 Å². The van der Waals surface area contributed by atoms with Gasteiger partial charge in [-0.05, 0) is 64.5 Å². The van der Waals surface area contributed by atoms with Crippen molar-refractivity contribution in [1.29, 1.82) is 0 Å². The smallest absolute Gasteiger partial charge is 0.410 e. The van der Waals surface area contributed by atoms with Gasteiger partial charge >= 0.3 is 6.09 Å². The molecule has 0 aliphatic carbocycles. The Morgan fingerprint density at radius 1 is 1.27 bits per heavy atom. The highest BCUT2D eigenvalue weighted by Gasteiger charge is 2.29. The van der Waals surface area contributed by atoms with Crippen molar-refractivity contribution in [3.05, 3.63) is 11.6 Å². The largest absolute Gasteiger partial charge is 0.444 e. The monoisotopic (exact) mass is 436 g/mol. The quantitative estimate of drug-likeness (QED) is 0.727. The van der Waals surface area contributed by atoms with Gasteiger partial charge in [0.2, 0.25) is 5.28 Å². The molecule has 4 heterocycles. The lowest BCUT2D eigenvalue weighted by molar-refractivity contribution is -0.0298. The molecule has 2 aliphatic rings. The fraction of sp³-hybridized carbons (Fsp3) is 0.700. The van der Waals surface area contributed by atoms with Crippen LogP contribution in [0.25, 0.3) is 11.2 Å². The van der Waals surface area contributed by atoms with E-state index in [-0.39, 0.29) is 23.6 Å². The number of ether oxygens (including phenoxy) is 2. The summed E-state index contributed by atoms with van der Waals surface area (Å²) in [5, 5.41) is 3.58. The van der Waals surface area contributed by atoms with Gasteiger partial charge in [-0.15, -0.1) is 0 Å². The number of hydrogen-bond donors (Lipinski definition) is 1. The maximum absolute atomic E-state index is 12.5. The van der Waals surface area contributed by atoms with E-state index in [2.05, 4.69) is 20.3 Å². The lowest BCUT2D eigenvalue weighted by Gasteiger charge is -2.34. The van der Waals surface area contributed by atoms with Crippen molar-refractivity contribution >= 4 is 34.7 Å². The zero-order valence-corrected chi connectivity index (χ0v) is 18.5. The van der Waals surface area contributed by atoms with Crippen LogP contribution in [0.15, 0.2) is 6.33 Å². The zero-order chi connectivity index (χ0) is 21.3. The normalized spacial score (nSPS) is 22.9. The minimum absolute atomic E-state index is 0.0246. The molecule has 2 aromatic rings. The average molecular weight is 437 g/mol. The Morgan fingerprint density at radius 2 is 2.10 bits per heavy atom. The van der Waals surface area contributed by atoms with Crippen LogP contribution in [0.1, 0.15) is 59.1 Å². The molecule has 0 saturated carbocycles. The number of rotatable bonds is 3. The maximum Gasteiger partial charge on any atom is 0.410 e. The van der Waals surface area contributed by atoms with Crippen molar-refractivity contribution in [2.45, 2.75) is 70.7 Å². The van der Waals surface area contributed by atoms with E-state index < -0.39 is 5.60 Å². The van der Waals surface area contributed by atoms with Gasteiger partial charge in [-0.2, -0.15) is 9.97 Å². The van der Waals surface area contributed by atoms with Crippen molar-refractivity contribution in [2.24, 2.45) is 0 Å². The number of nitrogens with zero attached hydrogens (tertiary/aromatic N) is 5. The maximum atomic E-state index is 12.5. The van der Waals surface area contributed by atoms with Crippen LogP contribution >= 0.6 is 11.6 Å². The molecule has 1 amide bonds. The van der Waals surface area contributed by atoms with Gasteiger partial charge in [0.15, 0.2) is 17.0 Å². The fourth-order valence-electron chi connectivity index (χ4n) is 3.93. The summed E-state index contributed by atoms with van der Waals surface area (Å²) in [6.45, 7) is 7.56. The number of carbonyl (C=O) groups is 1. The molecule has 0 aromatic carbocycles. The molecule has 0 spiro atoms. The van der Waals surface area contributed by atoms with Crippen molar-refractivity contribution in [2.75, 3.05) is 25.0 Å². The van der Waals surface area contributed by atoms with Gasteiger partial charge in [0, 0.05) is 25.7 Å². The van der Waals surface area contributed by atoms with E-state index in [1.54, 1.807) is 11.2 Å². The van der Waals surface area contributed by atoms with Gasteiger partial charge in [0.05, 0.1) is 6.33 Å². The van der Waals surface area contributed by atoms with Crippen molar-refractivity contribution in [1.82, 2.24) is 24.4 Å². The minimum Gasteiger partial charge on any atom is -0.444 e. The predicted molar refractivity (Wildman–Crippen MR) is 114 cm³/mol. The lowest BCUT2D eigenvalue weighted by Crippen LogP contribution is -2.47. The first kappa shape index (κ1) is 21.1. The van der Waals surface area contributed by atoms with Crippen LogP contribution in [0, 0.1) is 0 Å². The van der Waals surface area contributed by atoms with Crippen LogP contribution in [0.4, 0.5) is 10.6 Å². The molecule has 30 heavy (non-hydrogen) atoms. The second-order valence-corrected chi connectivity index (χ2v) is 9.23. The molecule has 0 radical (unpaired) electrons. The number of likely N-dealkylation sites (tertiary alicyclic amines) is 1. The van der Waals surface area contributed by atoms with E-state index in [4.69, 9.17) is 21.1 Å². The molecule has 0 bridgehead atoms. The summed E-state index contributed by atoms with van der Waals surface area (Å²) in [5.41, 5.74) is 0.796. The molecule has 164 valence electrons. The number of imidazole rings is 1. The third-order valence-corrected chi connectivity index (χ3v) is 5.44. The second kappa shape index (κ2) is 8.55. The number of anilines is 1. The summed E-state index contributed by atoms with van der Waals surface area (Å²) in [4.78, 5) is 27.5. The first-order valence-corrected chi connectivity index (χ1v) is 10.9. The molecular weight excluding hydrogens is 408 g/mol. The lowest BCUT2D eigenvalue weighted by atomic mass is 10.1. The third kappa shape index (κ3) is 4.78. The van der Waals surface area contributed by atoms with E-state index in [0.29, 0.717) is 30.1 Å². The van der Waals surface area contributed by atoms with Gasteiger partial charge in [-0.25, -0.2) is 9.78 Å². The van der Waals surface area contributed by atoms with E-state index in [1.807, 2.05) is 25.3 Å². The van der Waals surface area contributed by atoms with Gasteiger partial charge in [-0.3, -0.25) is 4.57 Å². The number of amides is 1. The summed E-state index contributed by atoms with van der Waals surface area (Å²) in [6.07, 6.45) is 6.25. The van der Waals surface area contributed by atoms with E-state index in [1.165, 1.54) is 0 Å². The molecule has 2 saturated heterocycles. The third-order valence-electron chi connectivity index (χ3n) is 5.27. The number of nitrogens with one attached hydrogen (secondary N) is 1. The Balaban J connectivity index is 1.52. The Hall–Kier alpha value is -2.13. The standard InChI is InChI=1S/C20H29ClN6O3/c1-20(2,3)30-19(28)26-9-6-7-13(11-26)23-16-15-17(25-18(21)24-16)27(12-22-15)14-8-4-5-10-29-14/h12-14H,4-11H2,1-3H3,(H,23,24,25). The molecule has 4 rings (SSSR count). The predicted octanol–water partition coefficient (Wildman–Crippen LogP) is 3.99. The van der Waals surface area contributed by atoms with E-state index >= 15 is 0 Å². The number of aromatic nitrogens is 4. The molecule has 10 heteroatoms. The van der Waals surface area contributed by atoms with Crippen LogP contribution in [0.2, 0.25) is 5.28 Å². The number of carbonyl (C=O) groups excluding carboxylic acids is 1. The fourth-order valence-corrected chi connectivity index (χ4v) is 4.09. The van der Waals surface area contributed by atoms with Crippen LogP contribution in [0.3, 0.4) is 0 Å². The van der Waals surface area contributed by atoms with Crippen LogP contribution in [0.5, 0.6) is 0 Å². The highest BCUT2D eigenvalue weighted by molar-refractivity contribution is 6.28. The highest BCUT2D eigenvalue weighted by atomic mass is 35.5. The Morgan fingerprint density at radius 3 is 2.83 bits per heavy atom. The van der Waals surface area contributed by atoms with Gasteiger partial charge < -0.3 is 19.7 Å². The summed E-state index contributed by atoms with van der Waals surface area (Å²) in [5.74, 6) is 0.579. The van der Waals surface area contributed by atoms with E-state index in [9.17, 15) is 4.79 Å². The first-order chi connectivity index (χ1) is 14.3. The first-order valence-electron chi connectivity index (χ1n) is 10.6. The Bertz CT molecular complexity index is 906. The molecular formula is C20H29ClN6O3. The molecule has 2 fully saturated rings. The van der Waals surface area contributed by atoms with Crippen LogP contribution in [-0.2, 0) is 9.47 Å². The van der Waals surface area contributed by atoms with E-state index in [0.717, 1.165) is 38.7 Å². The number of fused-ring (bicyclic) bond motifs is 1. The Kier molecular flexibility index (Phi) is 6.02. The molecule has 2 aliphatic heterocycles. The van der Waals surface area contributed by atoms with Crippen LogP contribution < -0.4 is 5.32 Å². The molecule has 2 aromatic heterocycles. The van der Waals surface area contributed by atoms with Gasteiger partial charge in [0.1, 0.15) is 11.8 Å². The SMILES string of the molecule is CC(C)(C)OC(=O)N1CCCC(Nc2nc(Cl)nc3c2ncn3C2CCCCO2)C1. The van der Waals surface area contributed by atoms with Crippen molar-refractivity contribution in [3.8, 4) is 0 Å². The number of halogens is 1. The zero-order valence-electron chi connectivity index (χ0n) is 17.7. The number of piperidine rings is 1. The molecule has 9 nitrogen and oxygen atoms in total. The summed E-state index contributed by atoms with van der Waals surface area (Å²) in [7, 11) is 0. The topological polar surface area (TPSA) is 94.4 Å². The number of hydrogen-bond acceptors (Lipinski definition) is 7.